The van der Waals surface area contributed by atoms with Gasteiger partial charge in [0.1, 0.15) is 0 Å². The van der Waals surface area contributed by atoms with Gasteiger partial charge < -0.3 is 5.11 Å². The van der Waals surface area contributed by atoms with Crippen molar-refractivity contribution in [2.45, 2.75) is 32.3 Å². The molecule has 0 aliphatic carbocycles. The van der Waals surface area contributed by atoms with Crippen LogP contribution in [0.25, 0.3) is 0 Å². The van der Waals surface area contributed by atoms with Gasteiger partial charge >= 0.3 is 0 Å². The summed E-state index contributed by atoms with van der Waals surface area (Å²) < 4.78 is 0. The molecule has 0 unspecified atom stereocenters. The number of ketones is 1. The Labute approximate surface area is 86.9 Å². The van der Waals surface area contributed by atoms with Gasteiger partial charge in [0.2, 0.25) is 0 Å². The van der Waals surface area contributed by atoms with Crippen LogP contribution in [0, 0.1) is 0 Å². The molecule has 4 heteroatoms. The van der Waals surface area contributed by atoms with Gasteiger partial charge in [-0.2, -0.15) is 0 Å². The lowest BCUT2D eigenvalue weighted by atomic mass is 10.1. The van der Waals surface area contributed by atoms with Crippen LogP contribution in [-0.2, 0) is 4.79 Å². The van der Waals surface area contributed by atoms with Crippen LogP contribution in [-0.4, -0.2) is 47.1 Å². The summed E-state index contributed by atoms with van der Waals surface area (Å²) in [6.07, 6.45) is 1.99. The highest BCUT2D eigenvalue weighted by molar-refractivity contribution is 7.42. The average molecular weight is 215 g/mol. The Morgan fingerprint density at radius 3 is 2.50 bits per heavy atom. The summed E-state index contributed by atoms with van der Waals surface area (Å²) in [5, 5.41) is 9.35. The molecule has 14 heavy (non-hydrogen) atoms. The molecule has 1 heterocycles. The number of Topliss-reactive ketones (excluding diaryl/α,β-unsaturated/α-hetero) is 1. The van der Waals surface area contributed by atoms with Gasteiger partial charge in [0.25, 0.3) is 0 Å². The number of carbonyl (C=O) groups excluding carboxylic acids is 1. The molecular weight excluding hydrogens is 197 g/mol. The largest absolute Gasteiger partial charge is 0.393 e. The minimum absolute atomic E-state index is 0.169. The molecule has 0 atom stereocenters. The number of hydrogen-bond donors (Lipinski definition) is 1. The average Bonchev–Trinajstić information content (AvgIpc) is 2.21. The van der Waals surface area contributed by atoms with Gasteiger partial charge in [-0.25, -0.2) is 0 Å². The molecule has 1 saturated heterocycles. The first-order valence-corrected chi connectivity index (χ1v) is 6.46. The van der Waals surface area contributed by atoms with Crippen molar-refractivity contribution in [2.75, 3.05) is 19.8 Å². The van der Waals surface area contributed by atoms with Gasteiger partial charge in [0.15, 0.2) is 5.78 Å². The van der Waals surface area contributed by atoms with E-state index in [2.05, 4.69) is 4.90 Å². The lowest BCUT2D eigenvalue weighted by Gasteiger charge is -2.30. The van der Waals surface area contributed by atoms with Crippen LogP contribution < -0.4 is 0 Å². The molecule has 1 aliphatic heterocycles. The lowest BCUT2D eigenvalue weighted by molar-refractivity contribution is -0.113. The first kappa shape index (κ1) is 11.8. The van der Waals surface area contributed by atoms with E-state index in [9.17, 15) is 9.90 Å². The predicted molar refractivity (Wildman–Crippen MR) is 60.0 cm³/mol. The highest BCUT2D eigenvalue weighted by atomic mass is 31.1. The van der Waals surface area contributed by atoms with Crippen molar-refractivity contribution in [1.82, 2.24) is 4.90 Å². The molecule has 0 radical (unpaired) electrons. The van der Waals surface area contributed by atoms with Gasteiger partial charge in [-0.15, -0.1) is 0 Å². The smallest absolute Gasteiger partial charge is 0.177 e. The Bertz CT molecular complexity index is 232. The van der Waals surface area contributed by atoms with Crippen molar-refractivity contribution in [1.29, 1.82) is 0 Å². The van der Waals surface area contributed by atoms with Crippen molar-refractivity contribution >= 4 is 19.4 Å². The van der Waals surface area contributed by atoms with Crippen LogP contribution in [0.4, 0.5) is 0 Å². The second-order valence-electron chi connectivity index (χ2n) is 3.54. The van der Waals surface area contributed by atoms with Crippen molar-refractivity contribution in [3.05, 3.63) is 0 Å². The molecule has 0 saturated carbocycles. The molecule has 1 aliphatic rings. The molecule has 3 nitrogen and oxygen atoms in total. The minimum atomic E-state index is -0.169. The van der Waals surface area contributed by atoms with E-state index in [-0.39, 0.29) is 11.9 Å². The Balaban J connectivity index is 2.59. The quantitative estimate of drug-likeness (QED) is 0.717. The van der Waals surface area contributed by atoms with Crippen molar-refractivity contribution in [3.8, 4) is 0 Å². The monoisotopic (exact) mass is 215 g/mol. The van der Waals surface area contributed by atoms with Gasteiger partial charge in [-0.1, -0.05) is 15.1 Å². The molecule has 0 spiro atoms. The van der Waals surface area contributed by atoms with Gasteiger partial charge in [0.05, 0.1) is 11.5 Å². The number of nitrogens with zero attached hydrogens (tertiary/aromatic N) is 1. The fourth-order valence-electron chi connectivity index (χ4n) is 1.68. The number of carbonyl (C=O) groups is 1. The molecule has 0 amide bonds. The zero-order valence-corrected chi connectivity index (χ0v) is 9.76. The van der Waals surface area contributed by atoms with Crippen molar-refractivity contribution < 1.29 is 9.90 Å². The highest BCUT2D eigenvalue weighted by Gasteiger charge is 2.22. The maximum atomic E-state index is 11.6. The Hall–Kier alpha value is -0.240. The third-order valence-electron chi connectivity index (χ3n) is 2.55. The van der Waals surface area contributed by atoms with E-state index in [0.29, 0.717) is 6.42 Å². The summed E-state index contributed by atoms with van der Waals surface area (Å²) in [6.45, 7) is 5.53. The van der Waals surface area contributed by atoms with Crippen LogP contribution in [0.15, 0.2) is 0 Å². The van der Waals surface area contributed by atoms with Crippen LogP contribution in [0.3, 0.4) is 0 Å². The van der Waals surface area contributed by atoms with E-state index in [1.54, 1.807) is 0 Å². The van der Waals surface area contributed by atoms with Gasteiger partial charge in [-0.05, 0) is 19.5 Å². The minimum Gasteiger partial charge on any atom is -0.393 e. The molecule has 0 bridgehead atoms. The molecule has 80 valence electrons. The lowest BCUT2D eigenvalue weighted by Crippen LogP contribution is -2.42. The molecule has 0 aromatic carbocycles. The molecule has 0 aromatic heterocycles. The molecule has 1 fully saturated rings. The predicted octanol–water partition coefficient (Wildman–Crippen LogP) is 1.13. The number of likely N-dealkylation sites (tertiary alicyclic amines) is 1. The maximum absolute atomic E-state index is 11.6. The summed E-state index contributed by atoms with van der Waals surface area (Å²) in [4.78, 5) is 13.7. The van der Waals surface area contributed by atoms with E-state index >= 15 is 0 Å². The van der Waals surface area contributed by atoms with Crippen LogP contribution in [0.2, 0.25) is 0 Å². The summed E-state index contributed by atoms with van der Waals surface area (Å²) in [5.41, 5.74) is 0.916. The Morgan fingerprint density at radius 2 is 2.07 bits per heavy atom. The highest BCUT2D eigenvalue weighted by Crippen LogP contribution is 2.14. The first-order valence-electron chi connectivity index (χ1n) is 5.12. The number of rotatable bonds is 3. The van der Waals surface area contributed by atoms with Crippen LogP contribution in [0.1, 0.15) is 26.2 Å². The fourth-order valence-corrected chi connectivity index (χ4v) is 2.57. The van der Waals surface area contributed by atoms with Crippen LogP contribution in [0.5, 0.6) is 0 Å². The summed E-state index contributed by atoms with van der Waals surface area (Å²) >= 11 is 0. The standard InChI is InChI=1S/C10H18NO2P/c1-3-9(13)10(14-2)11-6-4-8(12)5-7-11/h8,12H,3-7H2,1-2H3. The number of aliphatic hydroxyl groups excluding tert-OH is 1. The van der Waals surface area contributed by atoms with E-state index in [4.69, 9.17) is 0 Å². The number of aliphatic hydroxyl groups is 1. The molecular formula is C10H18NO2P. The topological polar surface area (TPSA) is 40.5 Å². The normalized spacial score (nSPS) is 21.2. The Morgan fingerprint density at radius 1 is 1.50 bits per heavy atom. The third kappa shape index (κ3) is 2.88. The van der Waals surface area contributed by atoms with E-state index < -0.39 is 0 Å². The summed E-state index contributed by atoms with van der Waals surface area (Å²) in [5.74, 6) is 0.241. The number of piperidine rings is 1. The zero-order chi connectivity index (χ0) is 10.6. The fraction of sp³-hybridized carbons (Fsp3) is 0.800. The van der Waals surface area contributed by atoms with Crippen LogP contribution >= 0.6 is 8.20 Å². The molecule has 0 aromatic rings. The summed E-state index contributed by atoms with van der Waals surface area (Å²) in [7, 11) is 1.05. The first-order chi connectivity index (χ1) is 6.69. The van der Waals surface area contributed by atoms with Crippen molar-refractivity contribution in [3.63, 3.8) is 0 Å². The van der Waals surface area contributed by atoms with Gasteiger partial charge in [-0.3, -0.25) is 9.69 Å². The third-order valence-corrected chi connectivity index (χ3v) is 3.50. The second kappa shape index (κ2) is 5.59. The number of hydrogen-bond acceptors (Lipinski definition) is 2. The molecule has 1 N–H and O–H groups in total. The van der Waals surface area contributed by atoms with E-state index in [0.717, 1.165) is 39.6 Å². The molecule has 1 rings (SSSR count). The summed E-state index contributed by atoms with van der Waals surface area (Å²) in [6, 6.07) is 0. The van der Waals surface area contributed by atoms with Crippen molar-refractivity contribution in [2.24, 2.45) is 0 Å². The SMILES string of the molecule is CCC(=O)C(=PC)N1CCC(O)CC1. The Kier molecular flexibility index (Phi) is 4.73. The zero-order valence-electron chi connectivity index (χ0n) is 8.86. The second-order valence-corrected chi connectivity index (χ2v) is 4.41. The van der Waals surface area contributed by atoms with E-state index in [1.807, 2.05) is 13.6 Å². The van der Waals surface area contributed by atoms with Gasteiger partial charge in [0, 0.05) is 19.5 Å². The van der Waals surface area contributed by atoms with E-state index in [1.165, 1.54) is 0 Å². The maximum Gasteiger partial charge on any atom is 0.177 e.